The highest BCUT2D eigenvalue weighted by molar-refractivity contribution is 9.10. The molecule has 20 heavy (non-hydrogen) atoms. The zero-order valence-corrected chi connectivity index (χ0v) is 13.3. The number of amides is 1. The van der Waals surface area contributed by atoms with Crippen LogP contribution in [0.2, 0.25) is 0 Å². The average Bonchev–Trinajstić information content (AvgIpc) is 2.46. The van der Waals surface area contributed by atoms with Crippen LogP contribution in [0.25, 0.3) is 0 Å². The van der Waals surface area contributed by atoms with Crippen molar-refractivity contribution in [2.75, 3.05) is 19.8 Å². The Hall–Kier alpha value is -0.910. The van der Waals surface area contributed by atoms with Crippen molar-refractivity contribution in [2.24, 2.45) is 0 Å². The maximum atomic E-state index is 11.9. The second-order valence-corrected chi connectivity index (χ2v) is 5.93. The molecular weight excluding hydrogens is 320 g/mol. The van der Waals surface area contributed by atoms with E-state index in [9.17, 15) is 4.79 Å². The van der Waals surface area contributed by atoms with Gasteiger partial charge in [-0.15, -0.1) is 0 Å². The first-order valence-corrected chi connectivity index (χ1v) is 7.81. The molecule has 0 aliphatic carbocycles. The van der Waals surface area contributed by atoms with Gasteiger partial charge in [0.1, 0.15) is 0 Å². The van der Waals surface area contributed by atoms with Gasteiger partial charge in [0.25, 0.3) is 0 Å². The van der Waals surface area contributed by atoms with Gasteiger partial charge in [-0.25, -0.2) is 0 Å². The molecule has 0 aromatic heterocycles. The van der Waals surface area contributed by atoms with E-state index in [0.717, 1.165) is 36.1 Å². The fourth-order valence-electron chi connectivity index (χ4n) is 2.30. The van der Waals surface area contributed by atoms with E-state index in [2.05, 4.69) is 39.6 Å². The van der Waals surface area contributed by atoms with Gasteiger partial charge < -0.3 is 15.4 Å². The SMILES string of the molecule is C[C@H](NCC(=O)NC1CCOCC1)c1ccccc1Br. The minimum atomic E-state index is 0.0517. The van der Waals surface area contributed by atoms with Gasteiger partial charge in [-0.3, -0.25) is 4.79 Å². The molecule has 1 aromatic carbocycles. The molecule has 0 unspecified atom stereocenters. The molecular formula is C15H21BrN2O2. The molecule has 1 atom stereocenters. The van der Waals surface area contributed by atoms with Gasteiger partial charge in [0.05, 0.1) is 6.54 Å². The third-order valence-electron chi connectivity index (χ3n) is 3.53. The highest BCUT2D eigenvalue weighted by Gasteiger charge is 2.16. The second kappa shape index (κ2) is 7.76. The standard InChI is InChI=1S/C15H21BrN2O2/c1-11(13-4-2-3-5-14(13)16)17-10-15(19)18-12-6-8-20-9-7-12/h2-5,11-12,17H,6-10H2,1H3,(H,18,19)/t11-/m0/s1. The lowest BCUT2D eigenvalue weighted by atomic mass is 10.1. The number of halogens is 1. The molecule has 1 aromatic rings. The summed E-state index contributed by atoms with van der Waals surface area (Å²) in [5, 5.41) is 6.30. The predicted octanol–water partition coefficient (Wildman–Crippen LogP) is 2.39. The summed E-state index contributed by atoms with van der Waals surface area (Å²) in [6.45, 7) is 3.87. The maximum Gasteiger partial charge on any atom is 0.234 e. The Morgan fingerprint density at radius 2 is 2.10 bits per heavy atom. The molecule has 1 fully saturated rings. The molecule has 1 aliphatic rings. The van der Waals surface area contributed by atoms with E-state index in [1.807, 2.05) is 18.2 Å². The van der Waals surface area contributed by atoms with Gasteiger partial charge in [-0.2, -0.15) is 0 Å². The molecule has 110 valence electrons. The fraction of sp³-hybridized carbons (Fsp3) is 0.533. The molecule has 0 radical (unpaired) electrons. The molecule has 1 amide bonds. The Kier molecular flexibility index (Phi) is 6.01. The summed E-state index contributed by atoms with van der Waals surface area (Å²) in [4.78, 5) is 11.9. The first kappa shape index (κ1) is 15.5. The van der Waals surface area contributed by atoms with E-state index < -0.39 is 0 Å². The van der Waals surface area contributed by atoms with Crippen molar-refractivity contribution < 1.29 is 9.53 Å². The average molecular weight is 341 g/mol. The molecule has 1 heterocycles. The lowest BCUT2D eigenvalue weighted by molar-refractivity contribution is -0.121. The number of rotatable bonds is 5. The van der Waals surface area contributed by atoms with Crippen molar-refractivity contribution in [3.63, 3.8) is 0 Å². The van der Waals surface area contributed by atoms with Crippen molar-refractivity contribution >= 4 is 21.8 Å². The van der Waals surface area contributed by atoms with Gasteiger partial charge in [0, 0.05) is 29.8 Å². The Morgan fingerprint density at radius 1 is 1.40 bits per heavy atom. The molecule has 2 rings (SSSR count). The number of hydrogen-bond donors (Lipinski definition) is 2. The summed E-state index contributed by atoms with van der Waals surface area (Å²) in [7, 11) is 0. The third-order valence-corrected chi connectivity index (χ3v) is 4.25. The lowest BCUT2D eigenvalue weighted by Gasteiger charge is -2.23. The minimum Gasteiger partial charge on any atom is -0.381 e. The Morgan fingerprint density at radius 3 is 2.80 bits per heavy atom. The van der Waals surface area contributed by atoms with Crippen molar-refractivity contribution in [3.8, 4) is 0 Å². The molecule has 4 nitrogen and oxygen atoms in total. The van der Waals surface area contributed by atoms with E-state index in [4.69, 9.17) is 4.74 Å². The Balaban J connectivity index is 1.76. The fourth-order valence-corrected chi connectivity index (χ4v) is 2.93. The quantitative estimate of drug-likeness (QED) is 0.865. The summed E-state index contributed by atoms with van der Waals surface area (Å²) in [5.74, 6) is 0.0517. The van der Waals surface area contributed by atoms with Crippen LogP contribution in [0.3, 0.4) is 0 Å². The number of carbonyl (C=O) groups is 1. The lowest BCUT2D eigenvalue weighted by Crippen LogP contribution is -2.43. The molecule has 5 heteroatoms. The molecule has 0 bridgehead atoms. The Bertz CT molecular complexity index is 447. The molecule has 2 N–H and O–H groups in total. The van der Waals surface area contributed by atoms with Gasteiger partial charge in [-0.1, -0.05) is 34.1 Å². The zero-order valence-electron chi connectivity index (χ0n) is 11.7. The van der Waals surface area contributed by atoms with E-state index in [1.165, 1.54) is 0 Å². The first-order valence-electron chi connectivity index (χ1n) is 7.01. The van der Waals surface area contributed by atoms with E-state index in [0.29, 0.717) is 6.54 Å². The summed E-state index contributed by atoms with van der Waals surface area (Å²) in [6, 6.07) is 8.44. The number of nitrogens with one attached hydrogen (secondary N) is 2. The topological polar surface area (TPSA) is 50.4 Å². The Labute approximate surface area is 128 Å². The van der Waals surface area contributed by atoms with Crippen molar-refractivity contribution in [3.05, 3.63) is 34.3 Å². The summed E-state index contributed by atoms with van der Waals surface area (Å²) in [6.07, 6.45) is 1.82. The second-order valence-electron chi connectivity index (χ2n) is 5.08. The molecule has 1 saturated heterocycles. The van der Waals surface area contributed by atoms with Crippen LogP contribution in [0.1, 0.15) is 31.4 Å². The van der Waals surface area contributed by atoms with Crippen molar-refractivity contribution in [1.82, 2.24) is 10.6 Å². The van der Waals surface area contributed by atoms with Crippen LogP contribution in [0.5, 0.6) is 0 Å². The number of hydrogen-bond acceptors (Lipinski definition) is 3. The van der Waals surface area contributed by atoms with Crippen LogP contribution in [-0.2, 0) is 9.53 Å². The van der Waals surface area contributed by atoms with Gasteiger partial charge in [-0.05, 0) is 31.4 Å². The summed E-state index contributed by atoms with van der Waals surface area (Å²) < 4.78 is 6.34. The normalized spacial score (nSPS) is 17.7. The number of ether oxygens (including phenoxy) is 1. The van der Waals surface area contributed by atoms with Crippen molar-refractivity contribution in [1.29, 1.82) is 0 Å². The van der Waals surface area contributed by atoms with Crippen molar-refractivity contribution in [2.45, 2.75) is 31.8 Å². The largest absolute Gasteiger partial charge is 0.381 e. The monoisotopic (exact) mass is 340 g/mol. The minimum absolute atomic E-state index is 0.0517. The van der Waals surface area contributed by atoms with E-state index in [1.54, 1.807) is 0 Å². The van der Waals surface area contributed by atoms with E-state index in [-0.39, 0.29) is 18.0 Å². The molecule has 0 saturated carbocycles. The summed E-state index contributed by atoms with van der Waals surface area (Å²) >= 11 is 3.53. The van der Waals surface area contributed by atoms with Crippen LogP contribution in [0.4, 0.5) is 0 Å². The maximum absolute atomic E-state index is 11.9. The number of benzene rings is 1. The van der Waals surface area contributed by atoms with E-state index >= 15 is 0 Å². The van der Waals surface area contributed by atoms with Crippen LogP contribution in [-0.4, -0.2) is 31.7 Å². The smallest absolute Gasteiger partial charge is 0.234 e. The zero-order chi connectivity index (χ0) is 14.4. The van der Waals surface area contributed by atoms with Crippen LogP contribution < -0.4 is 10.6 Å². The first-order chi connectivity index (χ1) is 9.66. The van der Waals surface area contributed by atoms with Gasteiger partial charge >= 0.3 is 0 Å². The molecule has 1 aliphatic heterocycles. The highest BCUT2D eigenvalue weighted by atomic mass is 79.9. The van der Waals surface area contributed by atoms with Crippen LogP contribution in [0.15, 0.2) is 28.7 Å². The number of carbonyl (C=O) groups excluding carboxylic acids is 1. The van der Waals surface area contributed by atoms with Crippen LogP contribution in [0, 0.1) is 0 Å². The van der Waals surface area contributed by atoms with Gasteiger partial charge in [0.2, 0.25) is 5.91 Å². The molecule has 0 spiro atoms. The third kappa shape index (κ3) is 4.58. The van der Waals surface area contributed by atoms with Gasteiger partial charge in [0.15, 0.2) is 0 Å². The highest BCUT2D eigenvalue weighted by Crippen LogP contribution is 2.22. The van der Waals surface area contributed by atoms with Crippen LogP contribution >= 0.6 is 15.9 Å². The summed E-state index contributed by atoms with van der Waals surface area (Å²) in [5.41, 5.74) is 1.16. The predicted molar refractivity (Wildman–Crippen MR) is 82.5 cm³/mol.